The normalized spacial score (nSPS) is 12.9. The van der Waals surface area contributed by atoms with E-state index in [1.807, 2.05) is 0 Å². The number of aromatic nitrogens is 1. The van der Waals surface area contributed by atoms with Crippen molar-refractivity contribution in [2.24, 2.45) is 5.41 Å². The van der Waals surface area contributed by atoms with Crippen molar-refractivity contribution in [1.29, 1.82) is 0 Å². The van der Waals surface area contributed by atoms with Gasteiger partial charge < -0.3 is 0 Å². The second-order valence-electron chi connectivity index (χ2n) is 4.11. The molecule has 15 heavy (non-hydrogen) atoms. The van der Waals surface area contributed by atoms with Gasteiger partial charge in [-0.15, -0.1) is 11.3 Å². The Hall–Kier alpha value is -0.910. The summed E-state index contributed by atoms with van der Waals surface area (Å²) in [7, 11) is 0. The molecule has 0 spiro atoms. The van der Waals surface area contributed by atoms with Gasteiger partial charge in [-0.2, -0.15) is 13.2 Å². The molecule has 6 heteroatoms. The summed E-state index contributed by atoms with van der Waals surface area (Å²) in [5.74, 6) is -0.324. The lowest BCUT2D eigenvalue weighted by Crippen LogP contribution is -2.18. The van der Waals surface area contributed by atoms with Crippen molar-refractivity contribution in [2.45, 2.75) is 26.9 Å². The van der Waals surface area contributed by atoms with Crippen LogP contribution in [0.3, 0.4) is 0 Å². The van der Waals surface area contributed by atoms with Crippen molar-refractivity contribution in [2.75, 3.05) is 0 Å². The quantitative estimate of drug-likeness (QED) is 0.701. The van der Waals surface area contributed by atoms with E-state index < -0.39 is 16.6 Å². The second-order valence-corrected chi connectivity index (χ2v) is 5.14. The molecule has 0 saturated carbocycles. The van der Waals surface area contributed by atoms with E-state index in [2.05, 4.69) is 4.98 Å². The Morgan fingerprint density at radius 1 is 1.33 bits per heavy atom. The van der Waals surface area contributed by atoms with Crippen molar-refractivity contribution in [3.63, 3.8) is 0 Å². The Labute approximate surface area is 89.1 Å². The fraction of sp³-hybridized carbons (Fsp3) is 0.556. The Kier molecular flexibility index (Phi) is 2.91. The topological polar surface area (TPSA) is 30.0 Å². The van der Waals surface area contributed by atoms with Gasteiger partial charge in [0.05, 0.1) is 4.88 Å². The van der Waals surface area contributed by atoms with Crippen LogP contribution in [0.4, 0.5) is 13.2 Å². The van der Waals surface area contributed by atoms with Crippen LogP contribution >= 0.6 is 11.3 Å². The summed E-state index contributed by atoms with van der Waals surface area (Å²) >= 11 is 0.389. The summed E-state index contributed by atoms with van der Waals surface area (Å²) in [6, 6.07) is 0. The maximum atomic E-state index is 12.2. The zero-order valence-corrected chi connectivity index (χ0v) is 9.29. The van der Waals surface area contributed by atoms with Gasteiger partial charge in [-0.1, -0.05) is 20.8 Å². The number of Topliss-reactive ketones (excluding diaryl/α,β-unsaturated/α-hetero) is 1. The number of hydrogen-bond donors (Lipinski definition) is 0. The fourth-order valence-electron chi connectivity index (χ4n) is 0.880. The number of carbonyl (C=O) groups excluding carboxylic acids is 1. The van der Waals surface area contributed by atoms with Gasteiger partial charge in [-0.25, -0.2) is 4.98 Å². The summed E-state index contributed by atoms with van der Waals surface area (Å²) < 4.78 is 36.6. The summed E-state index contributed by atoms with van der Waals surface area (Å²) in [6.07, 6.45) is -3.48. The second kappa shape index (κ2) is 3.59. The molecule has 0 aliphatic rings. The molecule has 1 rings (SSSR count). The molecular formula is C9H10F3NOS. The monoisotopic (exact) mass is 237 g/mol. The maximum Gasteiger partial charge on any atom is 0.443 e. The predicted octanol–water partition coefficient (Wildman–Crippen LogP) is 3.39. The maximum absolute atomic E-state index is 12.2. The van der Waals surface area contributed by atoms with E-state index in [1.54, 1.807) is 20.8 Å². The Balaban J connectivity index is 3.01. The van der Waals surface area contributed by atoms with E-state index in [1.165, 1.54) is 0 Å². The van der Waals surface area contributed by atoms with Crippen molar-refractivity contribution < 1.29 is 18.0 Å². The molecule has 0 bridgehead atoms. The van der Waals surface area contributed by atoms with Gasteiger partial charge in [0.15, 0.2) is 10.8 Å². The van der Waals surface area contributed by atoms with Crippen molar-refractivity contribution in [1.82, 2.24) is 4.98 Å². The van der Waals surface area contributed by atoms with Gasteiger partial charge in [-0.05, 0) is 0 Å². The summed E-state index contributed by atoms with van der Waals surface area (Å²) in [6.45, 7) is 4.97. The van der Waals surface area contributed by atoms with Gasteiger partial charge in [0.2, 0.25) is 0 Å². The molecule has 0 atom stereocenters. The zero-order valence-electron chi connectivity index (χ0n) is 8.47. The summed E-state index contributed by atoms with van der Waals surface area (Å²) in [5, 5.41) is -0.977. The van der Waals surface area contributed by atoms with Crippen LogP contribution in [0.15, 0.2) is 6.20 Å². The van der Waals surface area contributed by atoms with Crippen molar-refractivity contribution in [3.05, 3.63) is 16.1 Å². The van der Waals surface area contributed by atoms with Gasteiger partial charge in [0, 0.05) is 11.6 Å². The zero-order chi connectivity index (χ0) is 11.9. The molecule has 1 aromatic rings. The third-order valence-electron chi connectivity index (χ3n) is 1.65. The molecular weight excluding hydrogens is 227 g/mol. The first-order valence-electron chi connectivity index (χ1n) is 4.20. The predicted molar refractivity (Wildman–Crippen MR) is 50.9 cm³/mol. The standard InChI is InChI=1S/C9H10F3NOS/c1-8(2,3)6(14)5-4-13-7(15-5)9(10,11)12/h4H,1-3H3. The van der Waals surface area contributed by atoms with Gasteiger partial charge >= 0.3 is 6.18 Å². The van der Waals surface area contributed by atoms with Crippen LogP contribution in [0.1, 0.15) is 35.5 Å². The average molecular weight is 237 g/mol. The van der Waals surface area contributed by atoms with Crippen LogP contribution in [0.25, 0.3) is 0 Å². The number of ketones is 1. The molecule has 0 radical (unpaired) electrons. The molecule has 0 N–H and O–H groups in total. The highest BCUT2D eigenvalue weighted by Crippen LogP contribution is 2.34. The third-order valence-corrected chi connectivity index (χ3v) is 2.69. The van der Waals surface area contributed by atoms with Crippen molar-refractivity contribution >= 4 is 17.1 Å². The number of hydrogen-bond acceptors (Lipinski definition) is 3. The first kappa shape index (κ1) is 12.2. The Morgan fingerprint density at radius 3 is 2.20 bits per heavy atom. The number of halogens is 3. The molecule has 0 aliphatic heterocycles. The van der Waals surface area contributed by atoms with Crippen LogP contribution in [-0.2, 0) is 6.18 Å². The smallest absolute Gasteiger partial charge is 0.293 e. The van der Waals surface area contributed by atoms with E-state index in [-0.39, 0.29) is 10.7 Å². The largest absolute Gasteiger partial charge is 0.443 e. The first-order chi connectivity index (χ1) is 6.62. The van der Waals surface area contributed by atoms with Crippen molar-refractivity contribution in [3.8, 4) is 0 Å². The van der Waals surface area contributed by atoms with Crippen LogP contribution in [0.5, 0.6) is 0 Å². The molecule has 0 aromatic carbocycles. The first-order valence-corrected chi connectivity index (χ1v) is 5.02. The van der Waals surface area contributed by atoms with Crippen LogP contribution in [0.2, 0.25) is 0 Å². The minimum Gasteiger partial charge on any atom is -0.293 e. The molecule has 2 nitrogen and oxygen atoms in total. The molecule has 0 saturated heterocycles. The number of carbonyl (C=O) groups is 1. The molecule has 0 fully saturated rings. The third kappa shape index (κ3) is 2.77. The molecule has 0 unspecified atom stereocenters. The lowest BCUT2D eigenvalue weighted by Gasteiger charge is -2.14. The molecule has 0 amide bonds. The van der Waals surface area contributed by atoms with E-state index in [0.717, 1.165) is 6.20 Å². The number of rotatable bonds is 1. The molecule has 1 aromatic heterocycles. The van der Waals surface area contributed by atoms with E-state index in [9.17, 15) is 18.0 Å². The number of alkyl halides is 3. The molecule has 84 valence electrons. The number of nitrogens with zero attached hydrogens (tertiary/aromatic N) is 1. The van der Waals surface area contributed by atoms with Gasteiger partial charge in [-0.3, -0.25) is 4.79 Å². The minimum absolute atomic E-state index is 0.0508. The Bertz CT molecular complexity index is 375. The average Bonchev–Trinajstić information content (AvgIpc) is 2.47. The molecule has 0 aliphatic carbocycles. The Morgan fingerprint density at radius 2 is 1.87 bits per heavy atom. The fourth-order valence-corrected chi connectivity index (χ4v) is 1.81. The number of thiazole rings is 1. The minimum atomic E-state index is -4.47. The van der Waals surface area contributed by atoms with Crippen LogP contribution in [-0.4, -0.2) is 10.8 Å². The highest BCUT2D eigenvalue weighted by molar-refractivity contribution is 7.13. The lowest BCUT2D eigenvalue weighted by atomic mass is 9.90. The molecule has 1 heterocycles. The lowest BCUT2D eigenvalue weighted by molar-refractivity contribution is -0.137. The van der Waals surface area contributed by atoms with Gasteiger partial charge in [0.25, 0.3) is 0 Å². The van der Waals surface area contributed by atoms with E-state index in [0.29, 0.717) is 11.3 Å². The van der Waals surface area contributed by atoms with Crippen LogP contribution in [0, 0.1) is 5.41 Å². The summed E-state index contributed by atoms with van der Waals surface area (Å²) in [4.78, 5) is 14.9. The van der Waals surface area contributed by atoms with Crippen LogP contribution < -0.4 is 0 Å². The SMILES string of the molecule is CC(C)(C)C(=O)c1cnc(C(F)(F)F)s1. The summed E-state index contributed by atoms with van der Waals surface area (Å²) in [5.41, 5.74) is -0.685. The van der Waals surface area contributed by atoms with Gasteiger partial charge in [0.1, 0.15) is 0 Å². The van der Waals surface area contributed by atoms with E-state index >= 15 is 0 Å². The highest BCUT2D eigenvalue weighted by Gasteiger charge is 2.36. The highest BCUT2D eigenvalue weighted by atomic mass is 32.1. The van der Waals surface area contributed by atoms with E-state index in [4.69, 9.17) is 0 Å².